The molecule has 2 aromatic rings. The molecule has 0 bridgehead atoms. The molecule has 0 saturated carbocycles. The maximum Gasteiger partial charge on any atom is 0.311 e. The summed E-state index contributed by atoms with van der Waals surface area (Å²) in [4.78, 5) is 38.1. The number of methoxy groups -OCH3 is 1. The fraction of sp³-hybridized carbons (Fsp3) is 0.286. The molecule has 1 saturated heterocycles. The Bertz CT molecular complexity index is 879. The molecule has 28 heavy (non-hydrogen) atoms. The Morgan fingerprint density at radius 2 is 1.86 bits per heavy atom. The number of hydrogen-bond donors (Lipinski definition) is 1. The molecule has 0 aromatic heterocycles. The van der Waals surface area contributed by atoms with E-state index in [0.29, 0.717) is 17.1 Å². The molecule has 2 amide bonds. The second kappa shape index (κ2) is 8.56. The summed E-state index contributed by atoms with van der Waals surface area (Å²) in [6.45, 7) is 1.71. The van der Waals surface area contributed by atoms with Gasteiger partial charge in [-0.3, -0.25) is 14.4 Å². The fourth-order valence-corrected chi connectivity index (χ4v) is 3.03. The molecule has 2 aromatic carbocycles. The lowest BCUT2D eigenvalue weighted by atomic mass is 10.1. The van der Waals surface area contributed by atoms with Crippen LogP contribution in [-0.2, 0) is 19.1 Å². The number of hydrogen-bond acceptors (Lipinski definition) is 5. The highest BCUT2D eigenvalue weighted by atomic mass is 16.5. The number of aryl methyl sites for hydroxylation is 1. The minimum atomic E-state index is -0.596. The van der Waals surface area contributed by atoms with Crippen LogP contribution >= 0.6 is 0 Å². The van der Waals surface area contributed by atoms with Crippen LogP contribution in [0.15, 0.2) is 48.5 Å². The Kier molecular flexibility index (Phi) is 5.93. The smallest absolute Gasteiger partial charge is 0.311 e. The molecule has 1 fully saturated rings. The average molecular weight is 382 g/mol. The third-order valence-electron chi connectivity index (χ3n) is 4.61. The number of nitrogens with one attached hydrogen (secondary N) is 1. The second-order valence-electron chi connectivity index (χ2n) is 6.57. The summed E-state index contributed by atoms with van der Waals surface area (Å²) in [6.07, 6.45) is 0.0598. The van der Waals surface area contributed by atoms with Crippen LogP contribution in [-0.4, -0.2) is 38.0 Å². The Labute approximate surface area is 163 Å². The van der Waals surface area contributed by atoms with Crippen LogP contribution < -0.4 is 15.0 Å². The highest BCUT2D eigenvalue weighted by Gasteiger charge is 2.36. The van der Waals surface area contributed by atoms with Crippen molar-refractivity contribution in [3.63, 3.8) is 0 Å². The first-order valence-corrected chi connectivity index (χ1v) is 8.94. The maximum atomic E-state index is 12.3. The van der Waals surface area contributed by atoms with Gasteiger partial charge in [0.1, 0.15) is 5.75 Å². The van der Waals surface area contributed by atoms with E-state index in [1.165, 1.54) is 0 Å². The van der Waals surface area contributed by atoms with Gasteiger partial charge in [0.25, 0.3) is 5.91 Å². The van der Waals surface area contributed by atoms with Crippen LogP contribution in [0.4, 0.5) is 11.4 Å². The first-order chi connectivity index (χ1) is 13.5. The first-order valence-electron chi connectivity index (χ1n) is 8.94. The number of nitrogens with zero attached hydrogens (tertiary/aromatic N) is 1. The Morgan fingerprint density at radius 1 is 1.14 bits per heavy atom. The number of anilines is 2. The van der Waals surface area contributed by atoms with Crippen LogP contribution in [0.3, 0.4) is 0 Å². The predicted octanol–water partition coefficient (Wildman–Crippen LogP) is 2.54. The highest BCUT2D eigenvalue weighted by molar-refractivity contribution is 6.00. The van der Waals surface area contributed by atoms with Crippen LogP contribution in [0.2, 0.25) is 0 Å². The number of benzene rings is 2. The lowest BCUT2D eigenvalue weighted by molar-refractivity contribution is -0.151. The molecule has 0 radical (unpaired) electrons. The number of esters is 1. The number of amides is 2. The minimum absolute atomic E-state index is 0.0598. The van der Waals surface area contributed by atoms with E-state index in [0.717, 1.165) is 5.56 Å². The van der Waals surface area contributed by atoms with Gasteiger partial charge < -0.3 is 19.7 Å². The topological polar surface area (TPSA) is 84.9 Å². The van der Waals surface area contributed by atoms with E-state index in [1.807, 2.05) is 25.1 Å². The standard InChI is InChI=1S/C21H22N2O5/c1-14-5-3-4-6-18(14)22-19(24)13-28-21(26)15-11-20(25)23(12-15)16-7-9-17(27-2)10-8-16/h3-10,15H,11-13H2,1-2H3,(H,22,24)/t15-/m1/s1. The average Bonchev–Trinajstić information content (AvgIpc) is 3.10. The van der Waals surface area contributed by atoms with Gasteiger partial charge in [0.15, 0.2) is 6.61 Å². The molecule has 1 aliphatic rings. The van der Waals surface area contributed by atoms with Gasteiger partial charge in [-0.2, -0.15) is 0 Å². The van der Waals surface area contributed by atoms with E-state index in [2.05, 4.69) is 5.32 Å². The molecule has 3 rings (SSSR count). The maximum absolute atomic E-state index is 12.3. The summed E-state index contributed by atoms with van der Waals surface area (Å²) in [5, 5.41) is 2.70. The molecule has 1 atom stereocenters. The van der Waals surface area contributed by atoms with Gasteiger partial charge in [-0.25, -0.2) is 0 Å². The third kappa shape index (κ3) is 4.49. The SMILES string of the molecule is COc1ccc(N2C[C@H](C(=O)OCC(=O)Nc3ccccc3C)CC2=O)cc1. The van der Waals surface area contributed by atoms with Gasteiger partial charge >= 0.3 is 5.97 Å². The molecular formula is C21H22N2O5. The minimum Gasteiger partial charge on any atom is -0.497 e. The molecule has 1 aliphatic heterocycles. The number of ether oxygens (including phenoxy) is 2. The van der Waals surface area contributed by atoms with E-state index in [9.17, 15) is 14.4 Å². The largest absolute Gasteiger partial charge is 0.497 e. The zero-order chi connectivity index (χ0) is 20.1. The molecule has 146 valence electrons. The van der Waals surface area contributed by atoms with Crippen LogP contribution in [0.1, 0.15) is 12.0 Å². The summed E-state index contributed by atoms with van der Waals surface area (Å²) >= 11 is 0. The number of carbonyl (C=O) groups is 3. The van der Waals surface area contributed by atoms with Crippen LogP contribution in [0.25, 0.3) is 0 Å². The zero-order valence-corrected chi connectivity index (χ0v) is 15.8. The van der Waals surface area contributed by atoms with Crippen molar-refractivity contribution in [3.8, 4) is 5.75 Å². The van der Waals surface area contributed by atoms with E-state index >= 15 is 0 Å². The van der Waals surface area contributed by atoms with Crippen molar-refractivity contribution in [2.45, 2.75) is 13.3 Å². The highest BCUT2D eigenvalue weighted by Crippen LogP contribution is 2.27. The lowest BCUT2D eigenvalue weighted by Crippen LogP contribution is -2.28. The van der Waals surface area contributed by atoms with Crippen molar-refractivity contribution in [2.75, 3.05) is 30.5 Å². The van der Waals surface area contributed by atoms with Crippen LogP contribution in [0.5, 0.6) is 5.75 Å². The molecule has 0 aliphatic carbocycles. The van der Waals surface area contributed by atoms with Crippen molar-refractivity contribution in [2.24, 2.45) is 5.92 Å². The van der Waals surface area contributed by atoms with E-state index < -0.39 is 17.8 Å². The number of carbonyl (C=O) groups excluding carboxylic acids is 3. The summed E-state index contributed by atoms with van der Waals surface area (Å²) in [5.74, 6) is -1.04. The normalized spacial score (nSPS) is 16.0. The van der Waals surface area contributed by atoms with E-state index in [4.69, 9.17) is 9.47 Å². The summed E-state index contributed by atoms with van der Waals surface area (Å²) in [6, 6.07) is 14.4. The lowest BCUT2D eigenvalue weighted by Gasteiger charge is -2.17. The summed E-state index contributed by atoms with van der Waals surface area (Å²) < 4.78 is 10.2. The van der Waals surface area contributed by atoms with Gasteiger partial charge in [0, 0.05) is 24.3 Å². The van der Waals surface area contributed by atoms with Gasteiger partial charge in [0.2, 0.25) is 5.91 Å². The third-order valence-corrected chi connectivity index (χ3v) is 4.61. The molecule has 0 unspecified atom stereocenters. The van der Waals surface area contributed by atoms with E-state index in [1.54, 1.807) is 42.3 Å². The van der Waals surface area contributed by atoms with Crippen molar-refractivity contribution < 1.29 is 23.9 Å². The van der Waals surface area contributed by atoms with Gasteiger partial charge in [-0.15, -0.1) is 0 Å². The number of para-hydroxylation sites is 1. The molecular weight excluding hydrogens is 360 g/mol. The predicted molar refractivity (Wildman–Crippen MR) is 104 cm³/mol. The summed E-state index contributed by atoms with van der Waals surface area (Å²) in [7, 11) is 1.57. The van der Waals surface area contributed by atoms with Gasteiger partial charge in [0.05, 0.1) is 13.0 Å². The second-order valence-corrected chi connectivity index (χ2v) is 6.57. The molecule has 7 nitrogen and oxygen atoms in total. The summed E-state index contributed by atoms with van der Waals surface area (Å²) in [5.41, 5.74) is 2.28. The van der Waals surface area contributed by atoms with Gasteiger partial charge in [-0.05, 0) is 42.8 Å². The van der Waals surface area contributed by atoms with Crippen LogP contribution in [0, 0.1) is 12.8 Å². The van der Waals surface area contributed by atoms with Crippen molar-refractivity contribution >= 4 is 29.2 Å². The zero-order valence-electron chi connectivity index (χ0n) is 15.8. The van der Waals surface area contributed by atoms with E-state index in [-0.39, 0.29) is 25.5 Å². The van der Waals surface area contributed by atoms with Crippen molar-refractivity contribution in [3.05, 3.63) is 54.1 Å². The quantitative estimate of drug-likeness (QED) is 0.776. The van der Waals surface area contributed by atoms with Crippen molar-refractivity contribution in [1.82, 2.24) is 0 Å². The van der Waals surface area contributed by atoms with Gasteiger partial charge in [-0.1, -0.05) is 18.2 Å². The van der Waals surface area contributed by atoms with Crippen molar-refractivity contribution in [1.29, 1.82) is 0 Å². The Morgan fingerprint density at radius 3 is 2.54 bits per heavy atom. The molecule has 1 heterocycles. The monoisotopic (exact) mass is 382 g/mol. The molecule has 7 heteroatoms. The molecule has 0 spiro atoms. The number of rotatable bonds is 6. The first kappa shape index (κ1) is 19.4. The Balaban J connectivity index is 1.52. The molecule has 1 N–H and O–H groups in total. The Hall–Kier alpha value is -3.35. The fourth-order valence-electron chi connectivity index (χ4n) is 3.03.